The van der Waals surface area contributed by atoms with Gasteiger partial charge in [0.25, 0.3) is 0 Å². The van der Waals surface area contributed by atoms with Crippen molar-refractivity contribution in [1.82, 2.24) is 0 Å². The summed E-state index contributed by atoms with van der Waals surface area (Å²) in [5, 5.41) is 18.5. The van der Waals surface area contributed by atoms with Crippen molar-refractivity contribution in [2.24, 2.45) is 0 Å². The predicted octanol–water partition coefficient (Wildman–Crippen LogP) is 9.32. The third-order valence-corrected chi connectivity index (χ3v) is 36.0. The van der Waals surface area contributed by atoms with Crippen LogP contribution in [-0.4, -0.2) is 15.2 Å². The van der Waals surface area contributed by atoms with E-state index in [-0.39, 0.29) is 0 Å². The maximum Gasteiger partial charge on any atom is 0.0800 e. The monoisotopic (exact) mass is 790 g/mol. The van der Waals surface area contributed by atoms with Gasteiger partial charge in [-0.15, -0.1) is 0 Å². The van der Waals surface area contributed by atoms with Gasteiger partial charge in [0.2, 0.25) is 0 Å². The Labute approximate surface area is 337 Å². The van der Waals surface area contributed by atoms with E-state index < -0.39 is 31.0 Å². The van der Waals surface area contributed by atoms with E-state index in [1.165, 1.54) is 31.8 Å². The Morgan fingerprint density at radius 3 is 0.857 bits per heavy atom. The van der Waals surface area contributed by atoms with E-state index in [2.05, 4.69) is 196 Å². The standard InChI is InChI=1S/C52H48P2Si2/c1-55(2,47-35-31-39-27-25-37-29-33-45(51(47)49(37)39)53(41-17-9-5-10-18-41)42-19-11-6-12-20-42)56(3,4)48-36-32-40-28-26-38-30-34-46(52(48)50(38)40)54(43-21-13-7-14-22-43)44-23-15-8-16-24-44/h5-24,29-36H,25-28H2,1-4H3. The van der Waals surface area contributed by atoms with Crippen molar-refractivity contribution in [3.63, 3.8) is 0 Å². The van der Waals surface area contributed by atoms with Crippen LogP contribution in [0.5, 0.6) is 0 Å². The Balaban J connectivity index is 1.23. The molecule has 0 saturated heterocycles. The molecule has 56 heavy (non-hydrogen) atoms. The fraction of sp³-hybridized carbons (Fsp3) is 0.154. The highest BCUT2D eigenvalue weighted by molar-refractivity contribution is 7.80. The summed E-state index contributed by atoms with van der Waals surface area (Å²) in [4.78, 5) is 0. The maximum absolute atomic E-state index is 2.75. The van der Waals surface area contributed by atoms with Gasteiger partial charge in [-0.2, -0.15) is 0 Å². The first-order valence-electron chi connectivity index (χ1n) is 20.3. The number of hydrogen-bond acceptors (Lipinski definition) is 0. The minimum atomic E-state index is -2.20. The summed E-state index contributed by atoms with van der Waals surface area (Å²) < 4.78 is 0. The van der Waals surface area contributed by atoms with Gasteiger partial charge in [0.1, 0.15) is 0 Å². The summed E-state index contributed by atoms with van der Waals surface area (Å²) in [6.45, 7) is 11.0. The van der Waals surface area contributed by atoms with Crippen molar-refractivity contribution in [1.29, 1.82) is 0 Å². The lowest BCUT2D eigenvalue weighted by Gasteiger charge is -2.42. The van der Waals surface area contributed by atoms with Crippen LogP contribution >= 0.6 is 15.8 Å². The van der Waals surface area contributed by atoms with Crippen LogP contribution in [0.2, 0.25) is 26.2 Å². The molecule has 0 unspecified atom stereocenters. The molecule has 0 saturated carbocycles. The van der Waals surface area contributed by atoms with E-state index in [1.54, 1.807) is 54.2 Å². The molecular formula is C52H48P2Si2. The third-order valence-electron chi connectivity index (χ3n) is 13.4. The first-order valence-corrected chi connectivity index (χ1v) is 30.0. The van der Waals surface area contributed by atoms with Gasteiger partial charge in [-0.1, -0.05) is 206 Å². The molecule has 0 radical (unpaired) electrons. The highest BCUT2D eigenvalue weighted by atomic mass is 31.1. The first-order chi connectivity index (χ1) is 27.3. The second-order valence-corrected chi connectivity index (χ2v) is 36.2. The number of hydrogen-bond donors (Lipinski definition) is 0. The summed E-state index contributed by atoms with van der Waals surface area (Å²) in [7, 11) is -5.90. The average Bonchev–Trinajstić information content (AvgIpc) is 3.87. The van der Waals surface area contributed by atoms with E-state index in [0.717, 1.165) is 25.7 Å². The van der Waals surface area contributed by atoms with Gasteiger partial charge in [-0.25, -0.2) is 0 Å². The Hall–Kier alpha value is -4.43. The second-order valence-electron chi connectivity index (χ2n) is 16.8. The van der Waals surface area contributed by atoms with Crippen molar-refractivity contribution in [3.8, 4) is 0 Å². The van der Waals surface area contributed by atoms with Crippen LogP contribution in [0.3, 0.4) is 0 Å². The SMILES string of the molecule is C[Si](C)(c1ccc2c3c(ccc(P(c4ccccc4)c4ccccc4)c13)CC2)[Si](C)(C)c1ccc2c3c(ccc(P(c4ccccc4)c4ccccc4)c13)CC2. The molecule has 8 aromatic carbocycles. The first kappa shape index (κ1) is 36.0. The van der Waals surface area contributed by atoms with Crippen molar-refractivity contribution in [2.75, 3.05) is 0 Å². The van der Waals surface area contributed by atoms with Gasteiger partial charge in [0.15, 0.2) is 0 Å². The average molecular weight is 791 g/mol. The van der Waals surface area contributed by atoms with E-state index >= 15 is 0 Å². The number of rotatable bonds is 9. The van der Waals surface area contributed by atoms with Crippen LogP contribution in [0.25, 0.3) is 21.5 Å². The van der Waals surface area contributed by atoms with Gasteiger partial charge < -0.3 is 0 Å². The fourth-order valence-corrected chi connectivity index (χ4v) is 24.4. The van der Waals surface area contributed by atoms with Crippen molar-refractivity contribution in [2.45, 2.75) is 51.9 Å². The van der Waals surface area contributed by atoms with Gasteiger partial charge in [0.05, 0.1) is 15.2 Å². The summed E-state index contributed by atoms with van der Waals surface area (Å²) in [6, 6.07) is 65.9. The van der Waals surface area contributed by atoms with Crippen LogP contribution < -0.4 is 42.2 Å². The Bertz CT molecular complexity index is 2450. The molecular weight excluding hydrogens is 743 g/mol. The van der Waals surface area contributed by atoms with E-state index in [0.29, 0.717) is 0 Å². The van der Waals surface area contributed by atoms with Crippen LogP contribution in [0.1, 0.15) is 22.3 Å². The molecule has 0 atom stereocenters. The zero-order chi connectivity index (χ0) is 38.0. The molecule has 10 rings (SSSR count). The molecule has 0 bridgehead atoms. The Morgan fingerprint density at radius 2 is 0.571 bits per heavy atom. The normalized spacial score (nSPS) is 13.8. The highest BCUT2D eigenvalue weighted by Crippen LogP contribution is 2.42. The molecule has 2 aliphatic rings. The number of benzene rings is 8. The minimum Gasteiger partial charge on any atom is -0.0671 e. The quantitative estimate of drug-likeness (QED) is 0.101. The summed E-state index contributed by atoms with van der Waals surface area (Å²) in [5.74, 6) is 0. The molecule has 0 heterocycles. The molecule has 0 spiro atoms. The fourth-order valence-electron chi connectivity index (χ4n) is 9.87. The Morgan fingerprint density at radius 1 is 0.304 bits per heavy atom. The minimum absolute atomic E-state index is 0.750. The van der Waals surface area contributed by atoms with Gasteiger partial charge in [0, 0.05) is 0 Å². The van der Waals surface area contributed by atoms with Gasteiger partial charge >= 0.3 is 0 Å². The zero-order valence-corrected chi connectivity index (χ0v) is 36.7. The summed E-state index contributed by atoms with van der Waals surface area (Å²) >= 11 is 0. The van der Waals surface area contributed by atoms with E-state index in [1.807, 2.05) is 0 Å². The van der Waals surface area contributed by atoms with Crippen LogP contribution in [0, 0.1) is 0 Å². The molecule has 0 amide bonds. The van der Waals surface area contributed by atoms with Crippen molar-refractivity contribution in [3.05, 3.63) is 192 Å². The molecule has 2 aliphatic carbocycles. The van der Waals surface area contributed by atoms with Gasteiger partial charge in [-0.05, 0) is 117 Å². The second kappa shape index (κ2) is 14.2. The third kappa shape index (κ3) is 5.75. The topological polar surface area (TPSA) is 0 Å². The molecule has 0 N–H and O–H groups in total. The predicted molar refractivity (Wildman–Crippen MR) is 254 cm³/mol. The van der Waals surface area contributed by atoms with Crippen LogP contribution in [0.15, 0.2) is 170 Å². The molecule has 0 nitrogen and oxygen atoms in total. The lowest BCUT2D eigenvalue weighted by molar-refractivity contribution is 1.02. The summed E-state index contributed by atoms with van der Waals surface area (Å²) in [5.41, 5.74) is 6.18. The summed E-state index contributed by atoms with van der Waals surface area (Å²) in [6.07, 6.45) is 4.59. The lowest BCUT2D eigenvalue weighted by Crippen LogP contribution is -2.69. The molecule has 274 valence electrons. The highest BCUT2D eigenvalue weighted by Gasteiger charge is 2.47. The largest absolute Gasteiger partial charge is 0.0800 e. The maximum atomic E-state index is 2.75. The number of aryl methyl sites for hydroxylation is 4. The van der Waals surface area contributed by atoms with Crippen molar-refractivity contribution >= 4 is 94.8 Å². The Kier molecular flexibility index (Phi) is 9.11. The molecule has 0 aromatic heterocycles. The van der Waals surface area contributed by atoms with E-state index in [4.69, 9.17) is 0 Å². The van der Waals surface area contributed by atoms with Crippen molar-refractivity contribution < 1.29 is 0 Å². The van der Waals surface area contributed by atoms with Crippen LogP contribution in [-0.2, 0) is 25.7 Å². The molecule has 8 aromatic rings. The van der Waals surface area contributed by atoms with Crippen LogP contribution in [0.4, 0.5) is 0 Å². The molecule has 0 fully saturated rings. The zero-order valence-electron chi connectivity index (χ0n) is 32.9. The molecule has 0 aliphatic heterocycles. The van der Waals surface area contributed by atoms with E-state index in [9.17, 15) is 0 Å². The smallest absolute Gasteiger partial charge is 0.0671 e. The lowest BCUT2D eigenvalue weighted by atomic mass is 10.1. The molecule has 4 heteroatoms. The van der Waals surface area contributed by atoms with Gasteiger partial charge in [-0.3, -0.25) is 0 Å².